The lowest BCUT2D eigenvalue weighted by molar-refractivity contribution is 0.213. The molecule has 0 aliphatic heterocycles. The number of hydrogen-bond donors (Lipinski definition) is 0. The molecule has 0 aliphatic carbocycles. The highest BCUT2D eigenvalue weighted by Crippen LogP contribution is 1.96. The third-order valence-electron chi connectivity index (χ3n) is 0.906. The van der Waals surface area contributed by atoms with E-state index in [2.05, 4.69) is 13.8 Å². The van der Waals surface area contributed by atoms with Crippen LogP contribution in [-0.2, 0) is 8.85 Å². The first-order valence-corrected chi connectivity index (χ1v) is 6.37. The van der Waals surface area contributed by atoms with Crippen molar-refractivity contribution in [1.82, 2.24) is 0 Å². The molecule has 0 saturated carbocycles. The summed E-state index contributed by atoms with van der Waals surface area (Å²) in [6.45, 7) is 5.56. The normalized spacial score (nSPS) is 10.8. The van der Waals surface area contributed by atoms with Crippen molar-refractivity contribution >= 4 is 19.7 Å². The van der Waals surface area contributed by atoms with Gasteiger partial charge in [-0.2, -0.15) is 0 Å². The van der Waals surface area contributed by atoms with Crippen LogP contribution in [0.25, 0.3) is 0 Å². The lowest BCUT2D eigenvalue weighted by Gasteiger charge is -2.07. The van der Waals surface area contributed by atoms with Gasteiger partial charge >= 0.3 is 8.59 Å². The van der Waals surface area contributed by atoms with Gasteiger partial charge in [-0.15, -0.1) is 11.1 Å². The number of halogens is 1. The van der Waals surface area contributed by atoms with Crippen LogP contribution in [0.4, 0.5) is 0 Å². The van der Waals surface area contributed by atoms with Gasteiger partial charge in [0, 0.05) is 13.2 Å². The quantitative estimate of drug-likeness (QED) is 0.461. The molecule has 0 bridgehead atoms. The minimum Gasteiger partial charge on any atom is -0.385 e. The molecule has 0 aromatic rings. The summed E-state index contributed by atoms with van der Waals surface area (Å²) in [5, 5.41) is 0. The Hall–Kier alpha value is 0.427. The van der Waals surface area contributed by atoms with Crippen molar-refractivity contribution in [2.75, 3.05) is 13.2 Å². The molecule has 0 rings (SSSR count). The molecule has 0 N–H and O–H groups in total. The largest absolute Gasteiger partial charge is 0.426 e. The van der Waals surface area contributed by atoms with E-state index in [1.54, 1.807) is 0 Å². The molecule has 10 heavy (non-hydrogen) atoms. The van der Waals surface area contributed by atoms with Gasteiger partial charge in [0.1, 0.15) is 0 Å². The molecule has 4 heteroatoms. The Labute approximate surface area is 69.0 Å². The van der Waals surface area contributed by atoms with E-state index in [0.717, 1.165) is 26.1 Å². The molecule has 62 valence electrons. The van der Waals surface area contributed by atoms with E-state index in [1.807, 2.05) is 0 Å². The van der Waals surface area contributed by atoms with Crippen LogP contribution < -0.4 is 0 Å². The Morgan fingerprint density at radius 1 is 1.10 bits per heavy atom. The van der Waals surface area contributed by atoms with Crippen molar-refractivity contribution in [2.45, 2.75) is 26.7 Å². The summed E-state index contributed by atoms with van der Waals surface area (Å²) in [6, 6.07) is 0. The standard InChI is InChI=1S/C6H15ClO2Si/c1-3-5-8-10(7)9-6-4-2/h10H,3-6H2,1-2H3. The molecular weight excluding hydrogens is 168 g/mol. The summed E-state index contributed by atoms with van der Waals surface area (Å²) >= 11 is 5.73. The zero-order chi connectivity index (χ0) is 7.82. The molecule has 0 atom stereocenters. The highest BCUT2D eigenvalue weighted by atomic mass is 35.6. The Bertz CT molecular complexity index is 64.8. The van der Waals surface area contributed by atoms with Gasteiger partial charge in [-0.3, -0.25) is 0 Å². The molecule has 0 aliphatic rings. The van der Waals surface area contributed by atoms with Crippen LogP contribution in [0.2, 0.25) is 0 Å². The monoisotopic (exact) mass is 182 g/mol. The predicted molar refractivity (Wildman–Crippen MR) is 45.5 cm³/mol. The van der Waals surface area contributed by atoms with Gasteiger partial charge in [0.05, 0.1) is 0 Å². The Balaban J connectivity index is 3.00. The fourth-order valence-electron chi connectivity index (χ4n) is 0.469. The van der Waals surface area contributed by atoms with Crippen LogP contribution in [0.3, 0.4) is 0 Å². The first kappa shape index (κ1) is 10.4. The summed E-state index contributed by atoms with van der Waals surface area (Å²) in [6.07, 6.45) is 2.01. The third-order valence-corrected chi connectivity index (χ3v) is 2.66. The van der Waals surface area contributed by atoms with Crippen molar-refractivity contribution in [1.29, 1.82) is 0 Å². The molecule has 2 nitrogen and oxygen atoms in total. The lowest BCUT2D eigenvalue weighted by Crippen LogP contribution is -2.16. The fraction of sp³-hybridized carbons (Fsp3) is 1.00. The maximum absolute atomic E-state index is 5.73. The van der Waals surface area contributed by atoms with Gasteiger partial charge in [0.2, 0.25) is 0 Å². The summed E-state index contributed by atoms with van der Waals surface area (Å²) in [5.41, 5.74) is 0. The van der Waals surface area contributed by atoms with Gasteiger partial charge in [0.25, 0.3) is 0 Å². The highest BCUT2D eigenvalue weighted by Gasteiger charge is 2.06. The first-order valence-electron chi connectivity index (χ1n) is 3.68. The third kappa shape index (κ3) is 6.55. The highest BCUT2D eigenvalue weighted by molar-refractivity contribution is 6.99. The smallest absolute Gasteiger partial charge is 0.385 e. The van der Waals surface area contributed by atoms with E-state index in [1.165, 1.54) is 0 Å². The van der Waals surface area contributed by atoms with E-state index in [4.69, 9.17) is 19.9 Å². The second-order valence-electron chi connectivity index (χ2n) is 2.02. The van der Waals surface area contributed by atoms with Crippen LogP contribution in [0.1, 0.15) is 26.7 Å². The van der Waals surface area contributed by atoms with Gasteiger partial charge < -0.3 is 8.85 Å². The minimum atomic E-state index is -1.77. The minimum absolute atomic E-state index is 0.726. The topological polar surface area (TPSA) is 18.5 Å². The van der Waals surface area contributed by atoms with Crippen LogP contribution in [0, 0.1) is 0 Å². The molecule has 0 saturated heterocycles. The van der Waals surface area contributed by atoms with Gasteiger partial charge in [-0.25, -0.2) is 0 Å². The van der Waals surface area contributed by atoms with Crippen molar-refractivity contribution < 1.29 is 8.85 Å². The SMILES string of the molecule is CCCO[SiH](Cl)OCCC. The molecule has 0 aromatic heterocycles. The summed E-state index contributed by atoms with van der Waals surface area (Å²) in [5.74, 6) is 0. The Morgan fingerprint density at radius 3 is 1.80 bits per heavy atom. The predicted octanol–water partition coefficient (Wildman–Crippen LogP) is 1.80. The molecule has 0 spiro atoms. The second kappa shape index (κ2) is 7.53. The lowest BCUT2D eigenvalue weighted by atomic mass is 10.5. The second-order valence-corrected chi connectivity index (χ2v) is 4.30. The van der Waals surface area contributed by atoms with Crippen LogP contribution >= 0.6 is 11.1 Å². The molecule has 0 fully saturated rings. The van der Waals surface area contributed by atoms with E-state index >= 15 is 0 Å². The van der Waals surface area contributed by atoms with Crippen LogP contribution in [-0.4, -0.2) is 21.8 Å². The van der Waals surface area contributed by atoms with E-state index in [-0.39, 0.29) is 0 Å². The van der Waals surface area contributed by atoms with Gasteiger partial charge in [-0.1, -0.05) is 13.8 Å². The van der Waals surface area contributed by atoms with Crippen molar-refractivity contribution in [3.05, 3.63) is 0 Å². The van der Waals surface area contributed by atoms with Crippen LogP contribution in [0.5, 0.6) is 0 Å². The van der Waals surface area contributed by atoms with Gasteiger partial charge in [-0.05, 0) is 12.8 Å². The summed E-state index contributed by atoms with van der Waals surface area (Å²) < 4.78 is 10.4. The summed E-state index contributed by atoms with van der Waals surface area (Å²) in [4.78, 5) is 0. The fourth-order valence-corrected chi connectivity index (χ4v) is 1.94. The molecular formula is C6H15ClO2Si. The average molecular weight is 183 g/mol. The van der Waals surface area contributed by atoms with Gasteiger partial charge in [0.15, 0.2) is 0 Å². The molecule has 0 amide bonds. The maximum atomic E-state index is 5.73. The van der Waals surface area contributed by atoms with Crippen molar-refractivity contribution in [3.63, 3.8) is 0 Å². The summed E-state index contributed by atoms with van der Waals surface area (Å²) in [7, 11) is -1.77. The van der Waals surface area contributed by atoms with Crippen molar-refractivity contribution in [2.24, 2.45) is 0 Å². The van der Waals surface area contributed by atoms with Crippen molar-refractivity contribution in [3.8, 4) is 0 Å². The van der Waals surface area contributed by atoms with Crippen LogP contribution in [0.15, 0.2) is 0 Å². The first-order chi connectivity index (χ1) is 4.81. The van der Waals surface area contributed by atoms with E-state index < -0.39 is 8.59 Å². The molecule has 0 unspecified atom stereocenters. The number of hydrogen-bond acceptors (Lipinski definition) is 2. The zero-order valence-electron chi connectivity index (χ0n) is 6.60. The molecule has 0 heterocycles. The Kier molecular flexibility index (Phi) is 7.85. The number of rotatable bonds is 6. The molecule has 0 aromatic carbocycles. The maximum Gasteiger partial charge on any atom is 0.426 e. The molecule has 0 radical (unpaired) electrons. The van der Waals surface area contributed by atoms with E-state index in [0.29, 0.717) is 0 Å². The average Bonchev–Trinajstić information content (AvgIpc) is 1.97. The zero-order valence-corrected chi connectivity index (χ0v) is 8.51. The van der Waals surface area contributed by atoms with E-state index in [9.17, 15) is 0 Å². The Morgan fingerprint density at radius 2 is 1.50 bits per heavy atom.